The first-order valence-corrected chi connectivity index (χ1v) is 8.68. The van der Waals surface area contributed by atoms with Gasteiger partial charge in [0, 0.05) is 5.54 Å². The normalized spacial score (nSPS) is 14.7. The van der Waals surface area contributed by atoms with Gasteiger partial charge in [-0.15, -0.1) is 0 Å². The Bertz CT molecular complexity index is 992. The van der Waals surface area contributed by atoms with Gasteiger partial charge in [0.2, 0.25) is 0 Å². The highest BCUT2D eigenvalue weighted by molar-refractivity contribution is 5.70. The highest BCUT2D eigenvalue weighted by Gasteiger charge is 2.41. The van der Waals surface area contributed by atoms with Gasteiger partial charge in [0.05, 0.1) is 17.7 Å². The highest BCUT2D eigenvalue weighted by atomic mass is 19.4. The number of rotatable bonds is 3. The molecule has 0 heterocycles. The second-order valence-electron chi connectivity index (χ2n) is 6.85. The van der Waals surface area contributed by atoms with Crippen molar-refractivity contribution in [2.24, 2.45) is 5.73 Å². The van der Waals surface area contributed by atoms with Gasteiger partial charge in [0.1, 0.15) is 0 Å². The minimum absolute atomic E-state index is 0.0639. The van der Waals surface area contributed by atoms with Gasteiger partial charge in [-0.25, -0.2) is 4.85 Å². The third-order valence-corrected chi connectivity index (χ3v) is 4.58. The van der Waals surface area contributed by atoms with E-state index in [-0.39, 0.29) is 16.8 Å². The van der Waals surface area contributed by atoms with Crippen molar-refractivity contribution in [3.05, 3.63) is 89.8 Å². The molecule has 2 aromatic carbocycles. The van der Waals surface area contributed by atoms with Gasteiger partial charge in [-0.3, -0.25) is 0 Å². The Hall–Kier alpha value is -3.05. The zero-order chi connectivity index (χ0) is 22.7. The molecule has 0 radical (unpaired) electrons. The van der Waals surface area contributed by atoms with E-state index in [9.17, 15) is 26.3 Å². The molecular weight excluding hydrogens is 406 g/mol. The highest BCUT2D eigenvalue weighted by Crippen LogP contribution is 2.44. The number of hydrogen-bond donors (Lipinski definition) is 1. The van der Waals surface area contributed by atoms with Crippen LogP contribution in [0.15, 0.2) is 61.7 Å². The minimum Gasteiger partial charge on any atom is -0.321 e. The topological polar surface area (TPSA) is 30.4 Å². The third-order valence-electron chi connectivity index (χ3n) is 4.58. The summed E-state index contributed by atoms with van der Waals surface area (Å²) in [7, 11) is 0. The Morgan fingerprint density at radius 2 is 1.33 bits per heavy atom. The average Bonchev–Trinajstić information content (AvgIpc) is 3.45. The molecule has 1 aliphatic rings. The molecule has 0 amide bonds. The summed E-state index contributed by atoms with van der Waals surface area (Å²) in [5.41, 5.74) is 4.74. The van der Waals surface area contributed by atoms with Crippen LogP contribution in [0.3, 0.4) is 0 Å². The summed E-state index contributed by atoms with van der Waals surface area (Å²) in [6, 6.07) is 11.6. The van der Waals surface area contributed by atoms with Gasteiger partial charge < -0.3 is 5.73 Å². The van der Waals surface area contributed by atoms with Crippen LogP contribution in [-0.2, 0) is 5.54 Å². The van der Waals surface area contributed by atoms with E-state index in [2.05, 4.69) is 18.0 Å². The smallest absolute Gasteiger partial charge is 0.321 e. The quantitative estimate of drug-likeness (QED) is 0.416. The summed E-state index contributed by atoms with van der Waals surface area (Å²) in [4.78, 5) is 3.04. The second kappa shape index (κ2) is 8.36. The van der Waals surface area contributed by atoms with Gasteiger partial charge in [-0.1, -0.05) is 49.6 Å². The molecule has 1 aliphatic carbocycles. The van der Waals surface area contributed by atoms with E-state index in [1.54, 1.807) is 12.1 Å². The Kier molecular flexibility index (Phi) is 6.48. The number of hydrogen-bond acceptors (Lipinski definition) is 1. The first kappa shape index (κ1) is 23.2. The van der Waals surface area contributed by atoms with Crippen LogP contribution in [0.1, 0.15) is 29.5 Å². The standard InChI is InChI=1S/C12H12F3N.C10H6F3N/c1-8(12(13,14)15)9-3-2-4-10(7-9)11(16)5-6-11;1-7(10(11,12)13)8-4-3-5-9(6-8)14-2/h2-4,7H,1,5-6,16H2;3-6H,1H2. The van der Waals surface area contributed by atoms with E-state index >= 15 is 0 Å². The zero-order valence-corrected chi connectivity index (χ0v) is 15.7. The van der Waals surface area contributed by atoms with Gasteiger partial charge in [0.25, 0.3) is 0 Å². The van der Waals surface area contributed by atoms with Gasteiger partial charge >= 0.3 is 12.4 Å². The molecule has 0 atom stereocenters. The second-order valence-corrected chi connectivity index (χ2v) is 6.85. The summed E-state index contributed by atoms with van der Waals surface area (Å²) in [5.74, 6) is 0. The third kappa shape index (κ3) is 5.74. The maximum absolute atomic E-state index is 12.4. The first-order valence-electron chi connectivity index (χ1n) is 8.68. The monoisotopic (exact) mass is 424 g/mol. The molecule has 0 saturated heterocycles. The van der Waals surface area contributed by atoms with E-state index in [4.69, 9.17) is 12.3 Å². The number of halogens is 6. The fourth-order valence-electron chi connectivity index (χ4n) is 2.53. The summed E-state index contributed by atoms with van der Waals surface area (Å²) < 4.78 is 73.9. The van der Waals surface area contributed by atoms with E-state index < -0.39 is 29.0 Å². The van der Waals surface area contributed by atoms with Crippen LogP contribution >= 0.6 is 0 Å². The van der Waals surface area contributed by atoms with Crippen LogP contribution in [0.25, 0.3) is 16.0 Å². The number of nitrogens with zero attached hydrogens (tertiary/aromatic N) is 1. The summed E-state index contributed by atoms with van der Waals surface area (Å²) in [5, 5.41) is 0. The predicted molar refractivity (Wildman–Crippen MR) is 104 cm³/mol. The van der Waals surface area contributed by atoms with Crippen LogP contribution in [0.4, 0.5) is 32.0 Å². The molecule has 2 nitrogen and oxygen atoms in total. The summed E-state index contributed by atoms with van der Waals surface area (Å²) >= 11 is 0. The van der Waals surface area contributed by atoms with Crippen LogP contribution in [-0.4, -0.2) is 12.4 Å². The Labute approximate surface area is 170 Å². The number of allylic oxidation sites excluding steroid dienone is 2. The molecule has 0 unspecified atom stereocenters. The molecule has 30 heavy (non-hydrogen) atoms. The van der Waals surface area contributed by atoms with Crippen molar-refractivity contribution in [1.82, 2.24) is 0 Å². The van der Waals surface area contributed by atoms with Crippen molar-refractivity contribution in [2.45, 2.75) is 30.7 Å². The van der Waals surface area contributed by atoms with Crippen molar-refractivity contribution in [1.29, 1.82) is 0 Å². The summed E-state index contributed by atoms with van der Waals surface area (Å²) in [6.45, 7) is 12.7. The lowest BCUT2D eigenvalue weighted by Gasteiger charge is -2.14. The maximum Gasteiger partial charge on any atom is 0.416 e. The molecule has 0 aromatic heterocycles. The molecule has 158 valence electrons. The molecular formula is C22H18F6N2. The molecule has 0 bridgehead atoms. The van der Waals surface area contributed by atoms with Gasteiger partial charge in [-0.05, 0) is 41.7 Å². The Morgan fingerprint density at radius 3 is 1.77 bits per heavy atom. The fraction of sp³-hybridized carbons (Fsp3) is 0.227. The van der Waals surface area contributed by atoms with Crippen molar-refractivity contribution in [3.8, 4) is 0 Å². The minimum atomic E-state index is -4.44. The molecule has 2 aromatic rings. The van der Waals surface area contributed by atoms with Gasteiger partial charge in [-0.2, -0.15) is 26.3 Å². The molecule has 0 spiro atoms. The van der Waals surface area contributed by atoms with Crippen molar-refractivity contribution in [3.63, 3.8) is 0 Å². The van der Waals surface area contributed by atoms with Crippen LogP contribution < -0.4 is 5.73 Å². The number of alkyl halides is 6. The maximum atomic E-state index is 12.4. The van der Waals surface area contributed by atoms with Gasteiger partial charge in [0.15, 0.2) is 5.69 Å². The van der Waals surface area contributed by atoms with E-state index in [0.717, 1.165) is 18.4 Å². The Morgan fingerprint density at radius 1 is 0.867 bits per heavy atom. The van der Waals surface area contributed by atoms with Crippen molar-refractivity contribution >= 4 is 16.8 Å². The van der Waals surface area contributed by atoms with Crippen LogP contribution in [0.5, 0.6) is 0 Å². The first-order chi connectivity index (χ1) is 13.8. The zero-order valence-electron chi connectivity index (χ0n) is 15.7. The Balaban J connectivity index is 0.000000216. The lowest BCUT2D eigenvalue weighted by atomic mass is 9.99. The largest absolute Gasteiger partial charge is 0.416 e. The number of nitrogens with two attached hydrogens (primary N) is 1. The molecule has 3 rings (SSSR count). The molecule has 8 heteroatoms. The van der Waals surface area contributed by atoms with Crippen LogP contribution in [0, 0.1) is 6.57 Å². The molecule has 0 aliphatic heterocycles. The van der Waals surface area contributed by atoms with Crippen LogP contribution in [0.2, 0.25) is 0 Å². The lowest BCUT2D eigenvalue weighted by Crippen LogP contribution is -2.19. The predicted octanol–water partition coefficient (Wildman–Crippen LogP) is 7.02. The fourth-order valence-corrected chi connectivity index (χ4v) is 2.53. The van der Waals surface area contributed by atoms with E-state index in [1.807, 2.05) is 0 Å². The molecule has 1 fully saturated rings. The lowest BCUT2D eigenvalue weighted by molar-refractivity contribution is -0.0695. The number of benzene rings is 2. The van der Waals surface area contributed by atoms with E-state index in [0.29, 0.717) is 0 Å². The molecule has 2 N–H and O–H groups in total. The molecule has 1 saturated carbocycles. The van der Waals surface area contributed by atoms with Crippen molar-refractivity contribution in [2.75, 3.05) is 0 Å². The van der Waals surface area contributed by atoms with Crippen molar-refractivity contribution < 1.29 is 26.3 Å². The SMILES string of the molecule is C=C(c1cccc(C2(N)CC2)c1)C(F)(F)F.[C-]#[N+]c1cccc(C(=C)C(F)(F)F)c1. The summed E-state index contributed by atoms with van der Waals surface area (Å²) in [6.07, 6.45) is -7.17. The average molecular weight is 424 g/mol. The van der Waals surface area contributed by atoms with E-state index in [1.165, 1.54) is 36.4 Å².